The first-order valence-corrected chi connectivity index (χ1v) is 4.52. The van der Waals surface area contributed by atoms with Crippen LogP contribution in [-0.2, 0) is 0 Å². The highest BCUT2D eigenvalue weighted by atomic mass is 14.6. The first-order valence-electron chi connectivity index (χ1n) is 4.52. The zero-order valence-corrected chi connectivity index (χ0v) is 8.46. The Bertz CT molecular complexity index is 216. The van der Waals surface area contributed by atoms with E-state index in [2.05, 4.69) is 25.1 Å². The van der Waals surface area contributed by atoms with Gasteiger partial charge in [0.1, 0.15) is 0 Å². The van der Waals surface area contributed by atoms with Gasteiger partial charge in [-0.25, -0.2) is 0 Å². The van der Waals surface area contributed by atoms with E-state index in [4.69, 9.17) is 5.73 Å². The van der Waals surface area contributed by atoms with E-state index < -0.39 is 0 Å². The van der Waals surface area contributed by atoms with Gasteiger partial charge in [-0.15, -0.1) is 0 Å². The van der Waals surface area contributed by atoms with Gasteiger partial charge in [0.05, 0.1) is 0 Å². The van der Waals surface area contributed by atoms with Crippen LogP contribution in [-0.4, -0.2) is 0 Å². The van der Waals surface area contributed by atoms with Gasteiger partial charge in [0.15, 0.2) is 0 Å². The maximum absolute atomic E-state index is 5.68. The van der Waals surface area contributed by atoms with Crippen molar-refractivity contribution in [3.8, 4) is 0 Å². The maximum Gasteiger partial charge on any atom is 0.0266 e. The molecule has 0 heterocycles. The summed E-state index contributed by atoms with van der Waals surface area (Å²) < 4.78 is 0. The number of hydrogen-bond donors (Lipinski definition) is 1. The Hall–Kier alpha value is -0.820. The smallest absolute Gasteiger partial charge is 0.0266 e. The molecule has 1 heteroatoms. The SMILES string of the molecule is CC.Cc1cccc(C(C)N)c1. The molecule has 1 atom stereocenters. The van der Waals surface area contributed by atoms with Crippen LogP contribution in [0.3, 0.4) is 0 Å². The summed E-state index contributed by atoms with van der Waals surface area (Å²) >= 11 is 0. The third kappa shape index (κ3) is 3.54. The number of hydrogen-bond acceptors (Lipinski definition) is 1. The molecule has 0 amide bonds. The van der Waals surface area contributed by atoms with Crippen LogP contribution >= 0.6 is 0 Å². The van der Waals surface area contributed by atoms with Crippen molar-refractivity contribution in [3.05, 3.63) is 35.4 Å². The Kier molecular flexibility index (Phi) is 5.39. The predicted octanol–water partition coefficient (Wildman–Crippen LogP) is 3.04. The number of aryl methyl sites for hydroxylation is 1. The largest absolute Gasteiger partial charge is 0.324 e. The first kappa shape index (κ1) is 11.2. The lowest BCUT2D eigenvalue weighted by Crippen LogP contribution is -2.04. The van der Waals surface area contributed by atoms with Crippen LogP contribution in [0.5, 0.6) is 0 Å². The van der Waals surface area contributed by atoms with E-state index >= 15 is 0 Å². The Balaban J connectivity index is 0.000000561. The lowest BCUT2D eigenvalue weighted by atomic mass is 10.1. The minimum atomic E-state index is 0.153. The van der Waals surface area contributed by atoms with Crippen LogP contribution < -0.4 is 5.73 Å². The molecule has 0 aliphatic heterocycles. The average Bonchev–Trinajstić information content (AvgIpc) is 2.08. The van der Waals surface area contributed by atoms with Crippen LogP contribution in [0.1, 0.15) is 37.9 Å². The molecule has 0 aromatic heterocycles. The zero-order valence-electron chi connectivity index (χ0n) is 8.46. The molecule has 0 fully saturated rings. The first-order chi connectivity index (χ1) is 5.70. The summed E-state index contributed by atoms with van der Waals surface area (Å²) in [5.74, 6) is 0. The van der Waals surface area contributed by atoms with Gasteiger partial charge >= 0.3 is 0 Å². The van der Waals surface area contributed by atoms with Crippen LogP contribution in [0.4, 0.5) is 0 Å². The van der Waals surface area contributed by atoms with E-state index in [1.54, 1.807) is 0 Å². The Morgan fingerprint density at radius 3 is 2.17 bits per heavy atom. The van der Waals surface area contributed by atoms with Crippen LogP contribution in [0, 0.1) is 6.92 Å². The molecule has 1 unspecified atom stereocenters. The zero-order chi connectivity index (χ0) is 9.56. The van der Waals surface area contributed by atoms with Crippen LogP contribution in [0.2, 0.25) is 0 Å². The van der Waals surface area contributed by atoms with Gasteiger partial charge in [-0.1, -0.05) is 43.7 Å². The van der Waals surface area contributed by atoms with E-state index in [9.17, 15) is 0 Å². The Morgan fingerprint density at radius 2 is 1.83 bits per heavy atom. The molecule has 0 bridgehead atoms. The van der Waals surface area contributed by atoms with Gasteiger partial charge in [0.2, 0.25) is 0 Å². The van der Waals surface area contributed by atoms with E-state index in [0.717, 1.165) is 0 Å². The number of rotatable bonds is 1. The molecular formula is C11H19N. The highest BCUT2D eigenvalue weighted by molar-refractivity contribution is 5.24. The minimum absolute atomic E-state index is 0.153. The lowest BCUT2D eigenvalue weighted by molar-refractivity contribution is 0.817. The molecule has 12 heavy (non-hydrogen) atoms. The van der Waals surface area contributed by atoms with Gasteiger partial charge in [-0.3, -0.25) is 0 Å². The second kappa shape index (κ2) is 5.78. The fourth-order valence-electron chi connectivity index (χ4n) is 0.953. The summed E-state index contributed by atoms with van der Waals surface area (Å²) in [6.45, 7) is 8.07. The molecule has 0 aliphatic carbocycles. The van der Waals surface area contributed by atoms with Crippen molar-refractivity contribution < 1.29 is 0 Å². The molecule has 2 N–H and O–H groups in total. The molecule has 1 rings (SSSR count). The van der Waals surface area contributed by atoms with Crippen molar-refractivity contribution in [2.75, 3.05) is 0 Å². The molecular weight excluding hydrogens is 146 g/mol. The van der Waals surface area contributed by atoms with E-state index in [1.807, 2.05) is 26.8 Å². The quantitative estimate of drug-likeness (QED) is 0.680. The second-order valence-electron chi connectivity index (χ2n) is 2.70. The summed E-state index contributed by atoms with van der Waals surface area (Å²) in [5.41, 5.74) is 8.16. The highest BCUT2D eigenvalue weighted by Crippen LogP contribution is 2.10. The molecule has 0 aliphatic rings. The van der Waals surface area contributed by atoms with Crippen molar-refractivity contribution in [2.24, 2.45) is 5.73 Å². The second-order valence-corrected chi connectivity index (χ2v) is 2.70. The Morgan fingerprint density at radius 1 is 1.25 bits per heavy atom. The summed E-state index contributed by atoms with van der Waals surface area (Å²) in [5, 5.41) is 0. The lowest BCUT2D eigenvalue weighted by Gasteiger charge is -2.04. The monoisotopic (exact) mass is 165 g/mol. The standard InChI is InChI=1S/C9H13N.C2H6/c1-7-4-3-5-9(6-7)8(2)10;1-2/h3-6,8H,10H2,1-2H3;1-2H3. The van der Waals surface area contributed by atoms with Gasteiger partial charge in [0.25, 0.3) is 0 Å². The third-order valence-corrected chi connectivity index (χ3v) is 1.57. The summed E-state index contributed by atoms with van der Waals surface area (Å²) in [6.07, 6.45) is 0. The van der Waals surface area contributed by atoms with E-state index in [1.165, 1.54) is 11.1 Å². The molecule has 0 spiro atoms. The fraction of sp³-hybridized carbons (Fsp3) is 0.455. The van der Waals surface area contributed by atoms with Gasteiger partial charge < -0.3 is 5.73 Å². The van der Waals surface area contributed by atoms with Gasteiger partial charge in [0, 0.05) is 6.04 Å². The van der Waals surface area contributed by atoms with Gasteiger partial charge in [-0.05, 0) is 19.4 Å². The molecule has 0 saturated heterocycles. The van der Waals surface area contributed by atoms with Crippen LogP contribution in [0.15, 0.2) is 24.3 Å². The van der Waals surface area contributed by atoms with Crippen molar-refractivity contribution in [1.82, 2.24) is 0 Å². The summed E-state index contributed by atoms with van der Waals surface area (Å²) in [4.78, 5) is 0. The minimum Gasteiger partial charge on any atom is -0.324 e. The van der Waals surface area contributed by atoms with Crippen molar-refractivity contribution in [1.29, 1.82) is 0 Å². The van der Waals surface area contributed by atoms with Crippen LogP contribution in [0.25, 0.3) is 0 Å². The normalized spacial score (nSPS) is 11.4. The molecule has 0 saturated carbocycles. The molecule has 68 valence electrons. The van der Waals surface area contributed by atoms with E-state index in [0.29, 0.717) is 0 Å². The third-order valence-electron chi connectivity index (χ3n) is 1.57. The number of benzene rings is 1. The molecule has 1 nitrogen and oxygen atoms in total. The maximum atomic E-state index is 5.68. The topological polar surface area (TPSA) is 26.0 Å². The fourth-order valence-corrected chi connectivity index (χ4v) is 0.953. The number of nitrogens with two attached hydrogens (primary N) is 1. The highest BCUT2D eigenvalue weighted by Gasteiger charge is 1.96. The van der Waals surface area contributed by atoms with Gasteiger partial charge in [-0.2, -0.15) is 0 Å². The molecule has 1 aromatic carbocycles. The summed E-state index contributed by atoms with van der Waals surface area (Å²) in [7, 11) is 0. The predicted molar refractivity (Wildman–Crippen MR) is 55.1 cm³/mol. The van der Waals surface area contributed by atoms with Crippen molar-refractivity contribution in [2.45, 2.75) is 33.7 Å². The molecule has 1 aromatic rings. The van der Waals surface area contributed by atoms with Crippen molar-refractivity contribution in [3.63, 3.8) is 0 Å². The Labute approximate surface area is 75.6 Å². The van der Waals surface area contributed by atoms with E-state index in [-0.39, 0.29) is 6.04 Å². The van der Waals surface area contributed by atoms with Crippen molar-refractivity contribution >= 4 is 0 Å². The summed E-state index contributed by atoms with van der Waals surface area (Å²) in [6, 6.07) is 8.43. The molecule has 0 radical (unpaired) electrons. The average molecular weight is 165 g/mol.